The van der Waals surface area contributed by atoms with Crippen molar-refractivity contribution in [2.45, 2.75) is 33.7 Å². The summed E-state index contributed by atoms with van der Waals surface area (Å²) in [6, 6.07) is 11.7. The van der Waals surface area contributed by atoms with E-state index in [4.69, 9.17) is 4.42 Å². The van der Waals surface area contributed by atoms with Crippen molar-refractivity contribution in [3.8, 4) is 0 Å². The minimum absolute atomic E-state index is 0.111. The molecule has 0 spiro atoms. The molecular formula is C23H26N2O4. The van der Waals surface area contributed by atoms with Gasteiger partial charge in [0.2, 0.25) is 0 Å². The summed E-state index contributed by atoms with van der Waals surface area (Å²) in [5, 5.41) is 16.4. The Labute approximate surface area is 169 Å². The highest BCUT2D eigenvalue weighted by molar-refractivity contribution is 5.94. The predicted molar refractivity (Wildman–Crippen MR) is 116 cm³/mol. The van der Waals surface area contributed by atoms with Gasteiger partial charge in [-0.25, -0.2) is 4.79 Å². The van der Waals surface area contributed by atoms with E-state index in [0.29, 0.717) is 35.0 Å². The number of fused-ring (bicyclic) bond motifs is 1. The number of aromatic carboxylic acids is 1. The monoisotopic (exact) mass is 394 g/mol. The third kappa shape index (κ3) is 4.59. The van der Waals surface area contributed by atoms with Crippen LogP contribution in [0, 0.1) is 12.8 Å². The molecule has 1 atom stereocenters. The van der Waals surface area contributed by atoms with Crippen LogP contribution in [0.25, 0.3) is 11.0 Å². The second kappa shape index (κ2) is 8.39. The summed E-state index contributed by atoms with van der Waals surface area (Å²) in [6.07, 6.45) is 0. The van der Waals surface area contributed by atoms with Crippen LogP contribution in [0.1, 0.15) is 48.3 Å². The topological polar surface area (TPSA) is 91.6 Å². The number of anilines is 2. The number of benzene rings is 2. The Morgan fingerprint density at radius 3 is 2.55 bits per heavy atom. The maximum atomic E-state index is 12.7. The Balaban J connectivity index is 2.05. The molecule has 3 N–H and O–H groups in total. The van der Waals surface area contributed by atoms with Crippen LogP contribution in [0.4, 0.5) is 11.6 Å². The Morgan fingerprint density at radius 2 is 1.86 bits per heavy atom. The normalized spacial score (nSPS) is 12.2. The molecule has 2 aromatic carbocycles. The van der Waals surface area contributed by atoms with Gasteiger partial charge >= 0.3 is 5.97 Å². The Hall–Kier alpha value is -3.28. The molecule has 1 heterocycles. The van der Waals surface area contributed by atoms with E-state index in [1.54, 1.807) is 24.3 Å². The molecule has 0 aliphatic carbocycles. The molecule has 152 valence electrons. The molecule has 3 rings (SSSR count). The summed E-state index contributed by atoms with van der Waals surface area (Å²) >= 11 is 0. The van der Waals surface area contributed by atoms with Crippen molar-refractivity contribution >= 4 is 28.5 Å². The van der Waals surface area contributed by atoms with Gasteiger partial charge in [0.1, 0.15) is 5.58 Å². The van der Waals surface area contributed by atoms with Gasteiger partial charge < -0.3 is 20.2 Å². The predicted octanol–water partition coefficient (Wildman–Crippen LogP) is 5.04. The number of carbonyl (C=O) groups is 1. The number of hydrogen-bond acceptors (Lipinski definition) is 5. The molecule has 1 unspecified atom stereocenters. The zero-order chi connectivity index (χ0) is 21.1. The first-order valence-electron chi connectivity index (χ1n) is 9.67. The fourth-order valence-electron chi connectivity index (χ4n) is 3.25. The van der Waals surface area contributed by atoms with Gasteiger partial charge in [0.15, 0.2) is 11.3 Å². The maximum absolute atomic E-state index is 12.7. The first-order valence-corrected chi connectivity index (χ1v) is 9.67. The lowest BCUT2D eigenvalue weighted by Gasteiger charge is -2.19. The number of nitrogens with one attached hydrogen (secondary N) is 2. The van der Waals surface area contributed by atoms with E-state index < -0.39 is 5.97 Å². The van der Waals surface area contributed by atoms with Gasteiger partial charge in [-0.3, -0.25) is 4.79 Å². The van der Waals surface area contributed by atoms with Crippen molar-refractivity contribution in [2.75, 3.05) is 17.2 Å². The number of carboxylic acid groups (broad SMARTS) is 1. The number of hydrogen-bond donors (Lipinski definition) is 3. The molecule has 0 bridgehead atoms. The number of rotatable bonds is 7. The van der Waals surface area contributed by atoms with Crippen LogP contribution in [0.15, 0.2) is 51.7 Å². The van der Waals surface area contributed by atoms with Crippen LogP contribution in [0.3, 0.4) is 0 Å². The van der Waals surface area contributed by atoms with Crippen molar-refractivity contribution in [3.05, 3.63) is 69.4 Å². The van der Waals surface area contributed by atoms with Crippen LogP contribution in [0.5, 0.6) is 0 Å². The van der Waals surface area contributed by atoms with E-state index >= 15 is 0 Å². The zero-order valence-electron chi connectivity index (χ0n) is 17.1. The van der Waals surface area contributed by atoms with Gasteiger partial charge in [-0.15, -0.1) is 0 Å². The molecule has 0 radical (unpaired) electrons. The second-order valence-corrected chi connectivity index (χ2v) is 7.70. The summed E-state index contributed by atoms with van der Waals surface area (Å²) in [4.78, 5) is 24.2. The quantitative estimate of drug-likeness (QED) is 0.520. The molecular weight excluding hydrogens is 368 g/mol. The van der Waals surface area contributed by atoms with E-state index in [9.17, 15) is 14.7 Å². The summed E-state index contributed by atoms with van der Waals surface area (Å²) in [6.45, 7) is 8.68. The molecule has 0 fully saturated rings. The molecule has 0 aliphatic heterocycles. The number of carboxylic acids is 1. The Morgan fingerprint density at radius 1 is 1.14 bits per heavy atom. The van der Waals surface area contributed by atoms with Crippen molar-refractivity contribution in [1.29, 1.82) is 0 Å². The van der Waals surface area contributed by atoms with Crippen molar-refractivity contribution in [3.63, 3.8) is 0 Å². The van der Waals surface area contributed by atoms with Gasteiger partial charge in [0.05, 0.1) is 17.0 Å². The van der Waals surface area contributed by atoms with Crippen LogP contribution in [0.2, 0.25) is 0 Å². The van der Waals surface area contributed by atoms with Gasteiger partial charge in [-0.1, -0.05) is 32.0 Å². The van der Waals surface area contributed by atoms with E-state index in [1.165, 1.54) is 6.07 Å². The van der Waals surface area contributed by atoms with Crippen LogP contribution < -0.4 is 16.1 Å². The summed E-state index contributed by atoms with van der Waals surface area (Å²) in [5.41, 5.74) is 2.83. The standard InChI is InChI=1S/C23H26N2O4/c1-13(2)12-24-21-11-20(26)18-10-14(3)9-17(22(18)29-21)15(4)25-19-8-6-5-7-16(19)23(27)28/h5-11,13,15,24-25H,12H2,1-4H3,(H,27,28). The average Bonchev–Trinajstić information content (AvgIpc) is 2.66. The highest BCUT2D eigenvalue weighted by Gasteiger charge is 2.18. The van der Waals surface area contributed by atoms with Crippen molar-refractivity contribution < 1.29 is 14.3 Å². The molecule has 29 heavy (non-hydrogen) atoms. The highest BCUT2D eigenvalue weighted by Crippen LogP contribution is 2.30. The minimum atomic E-state index is -0.999. The fraction of sp³-hybridized carbons (Fsp3) is 0.304. The molecule has 0 saturated heterocycles. The largest absolute Gasteiger partial charge is 0.478 e. The molecule has 3 aromatic rings. The lowest BCUT2D eigenvalue weighted by atomic mass is 10.0. The molecule has 0 amide bonds. The SMILES string of the molecule is Cc1cc(C(C)Nc2ccccc2C(=O)O)c2oc(NCC(C)C)cc(=O)c2c1. The Bertz CT molecular complexity index is 1100. The lowest BCUT2D eigenvalue weighted by molar-refractivity contribution is 0.0698. The van der Waals surface area contributed by atoms with Crippen LogP contribution in [-0.2, 0) is 0 Å². The van der Waals surface area contributed by atoms with Gasteiger partial charge in [0.25, 0.3) is 0 Å². The van der Waals surface area contributed by atoms with Crippen molar-refractivity contribution in [2.24, 2.45) is 5.92 Å². The van der Waals surface area contributed by atoms with Gasteiger partial charge in [-0.05, 0) is 43.5 Å². The van der Waals surface area contributed by atoms with Crippen LogP contribution >= 0.6 is 0 Å². The fourth-order valence-corrected chi connectivity index (χ4v) is 3.25. The molecule has 1 aromatic heterocycles. The third-order valence-electron chi connectivity index (χ3n) is 4.68. The highest BCUT2D eigenvalue weighted by atomic mass is 16.4. The molecule has 6 heteroatoms. The third-order valence-corrected chi connectivity index (χ3v) is 4.68. The first kappa shape index (κ1) is 20.5. The summed E-state index contributed by atoms with van der Waals surface area (Å²) in [7, 11) is 0. The van der Waals surface area contributed by atoms with E-state index in [-0.39, 0.29) is 17.0 Å². The Kier molecular flexibility index (Phi) is 5.92. The second-order valence-electron chi connectivity index (χ2n) is 7.70. The summed E-state index contributed by atoms with van der Waals surface area (Å²) < 4.78 is 6.05. The number of para-hydroxylation sites is 1. The van der Waals surface area contributed by atoms with Gasteiger partial charge in [0, 0.05) is 23.9 Å². The van der Waals surface area contributed by atoms with Crippen molar-refractivity contribution in [1.82, 2.24) is 0 Å². The number of aryl methyl sites for hydroxylation is 1. The smallest absolute Gasteiger partial charge is 0.337 e. The van der Waals surface area contributed by atoms with E-state index in [2.05, 4.69) is 24.5 Å². The molecule has 0 aliphatic rings. The van der Waals surface area contributed by atoms with Gasteiger partial charge in [-0.2, -0.15) is 0 Å². The van der Waals surface area contributed by atoms with E-state index in [0.717, 1.165) is 11.1 Å². The van der Waals surface area contributed by atoms with Crippen LogP contribution in [-0.4, -0.2) is 17.6 Å². The average molecular weight is 394 g/mol. The summed E-state index contributed by atoms with van der Waals surface area (Å²) in [5.74, 6) is -0.165. The molecule has 6 nitrogen and oxygen atoms in total. The minimum Gasteiger partial charge on any atom is -0.478 e. The first-order chi connectivity index (χ1) is 13.8. The van der Waals surface area contributed by atoms with E-state index in [1.807, 2.05) is 26.0 Å². The lowest BCUT2D eigenvalue weighted by Crippen LogP contribution is -2.14. The molecule has 0 saturated carbocycles. The maximum Gasteiger partial charge on any atom is 0.337 e. The zero-order valence-corrected chi connectivity index (χ0v) is 17.1.